The highest BCUT2D eigenvalue weighted by molar-refractivity contribution is 5.82. The molecule has 4 N–H and O–H groups in total. The third-order valence-electron chi connectivity index (χ3n) is 3.26. The summed E-state index contributed by atoms with van der Waals surface area (Å²) in [4.78, 5) is 11.4. The van der Waals surface area contributed by atoms with Crippen LogP contribution in [0.1, 0.15) is 11.3 Å². The quantitative estimate of drug-likeness (QED) is 0.678. The molecular formula is C15H14N6O. The Kier molecular flexibility index (Phi) is 3.50. The lowest BCUT2D eigenvalue weighted by molar-refractivity contribution is 0.415. The number of rotatable bonds is 4. The topological polar surface area (TPSA) is 113 Å². The van der Waals surface area contributed by atoms with E-state index in [-0.39, 0.29) is 11.4 Å². The molecule has 7 heteroatoms. The number of hydrogen-bond acceptors (Lipinski definition) is 6. The van der Waals surface area contributed by atoms with Crippen LogP contribution in [-0.4, -0.2) is 22.1 Å². The number of nitrogens with zero attached hydrogens (tertiary/aromatic N) is 3. The van der Waals surface area contributed by atoms with Crippen molar-refractivity contribution in [1.29, 1.82) is 5.26 Å². The van der Waals surface area contributed by atoms with Crippen LogP contribution in [0.5, 0.6) is 5.75 Å². The maximum absolute atomic E-state index is 8.79. The first-order valence-electron chi connectivity index (χ1n) is 6.61. The SMILES string of the molecule is COc1ccc2[nH]c(CNc3ncc(C#N)c(N)n3)cc2c1. The number of fused-ring (bicyclic) bond motifs is 1. The molecule has 0 fully saturated rings. The van der Waals surface area contributed by atoms with E-state index in [9.17, 15) is 0 Å². The first-order chi connectivity index (χ1) is 10.7. The second-order valence-corrected chi connectivity index (χ2v) is 4.71. The zero-order chi connectivity index (χ0) is 15.5. The van der Waals surface area contributed by atoms with Crippen molar-refractivity contribution in [2.45, 2.75) is 6.54 Å². The van der Waals surface area contributed by atoms with Gasteiger partial charge in [0.15, 0.2) is 0 Å². The van der Waals surface area contributed by atoms with E-state index in [1.165, 1.54) is 6.20 Å². The molecule has 1 aromatic carbocycles. The molecule has 3 rings (SSSR count). The van der Waals surface area contributed by atoms with Gasteiger partial charge in [-0.15, -0.1) is 0 Å². The molecule has 0 aliphatic heterocycles. The van der Waals surface area contributed by atoms with Crippen LogP contribution in [0.3, 0.4) is 0 Å². The van der Waals surface area contributed by atoms with E-state index < -0.39 is 0 Å². The Morgan fingerprint density at radius 2 is 2.27 bits per heavy atom. The second-order valence-electron chi connectivity index (χ2n) is 4.71. The Labute approximate surface area is 126 Å². The molecule has 0 radical (unpaired) electrons. The van der Waals surface area contributed by atoms with Crippen molar-refractivity contribution in [3.05, 3.63) is 41.7 Å². The fourth-order valence-corrected chi connectivity index (χ4v) is 2.13. The smallest absolute Gasteiger partial charge is 0.224 e. The maximum Gasteiger partial charge on any atom is 0.224 e. The number of nitrogens with one attached hydrogen (secondary N) is 2. The number of anilines is 2. The van der Waals surface area contributed by atoms with Crippen LogP contribution in [0.15, 0.2) is 30.5 Å². The van der Waals surface area contributed by atoms with Gasteiger partial charge in [-0.25, -0.2) is 4.98 Å². The minimum Gasteiger partial charge on any atom is -0.497 e. The largest absolute Gasteiger partial charge is 0.497 e. The Morgan fingerprint density at radius 1 is 1.41 bits per heavy atom. The van der Waals surface area contributed by atoms with E-state index in [1.54, 1.807) is 7.11 Å². The van der Waals surface area contributed by atoms with Crippen molar-refractivity contribution in [2.24, 2.45) is 0 Å². The number of nitrogen functional groups attached to an aromatic ring is 1. The molecule has 7 nitrogen and oxygen atoms in total. The summed E-state index contributed by atoms with van der Waals surface area (Å²) in [5, 5.41) is 12.9. The number of H-pyrrole nitrogens is 1. The van der Waals surface area contributed by atoms with E-state index in [0.717, 1.165) is 22.3 Å². The summed E-state index contributed by atoms with van der Waals surface area (Å²) in [6.45, 7) is 0.516. The molecule has 110 valence electrons. The Bertz CT molecular complexity index is 864. The summed E-state index contributed by atoms with van der Waals surface area (Å²) in [5.74, 6) is 1.36. The van der Waals surface area contributed by atoms with Gasteiger partial charge in [0.05, 0.1) is 19.9 Å². The second kappa shape index (κ2) is 5.61. The summed E-state index contributed by atoms with van der Waals surface area (Å²) in [6.07, 6.45) is 1.40. The third kappa shape index (κ3) is 2.62. The van der Waals surface area contributed by atoms with Gasteiger partial charge in [-0.05, 0) is 24.3 Å². The highest BCUT2D eigenvalue weighted by Crippen LogP contribution is 2.21. The van der Waals surface area contributed by atoms with Gasteiger partial charge in [0.2, 0.25) is 5.95 Å². The van der Waals surface area contributed by atoms with Gasteiger partial charge in [0.25, 0.3) is 0 Å². The Hall–Kier alpha value is -3.27. The summed E-state index contributed by atoms with van der Waals surface area (Å²) in [6, 6.07) is 9.79. The van der Waals surface area contributed by atoms with E-state index in [4.69, 9.17) is 15.7 Å². The van der Waals surface area contributed by atoms with Crippen molar-refractivity contribution < 1.29 is 4.74 Å². The fraction of sp³-hybridized carbons (Fsp3) is 0.133. The van der Waals surface area contributed by atoms with Gasteiger partial charge >= 0.3 is 0 Å². The first-order valence-corrected chi connectivity index (χ1v) is 6.61. The average Bonchev–Trinajstić information content (AvgIpc) is 2.94. The highest BCUT2D eigenvalue weighted by atomic mass is 16.5. The molecular weight excluding hydrogens is 280 g/mol. The standard InChI is InChI=1S/C15H14N6O/c1-22-12-2-3-13-9(5-12)4-11(20-13)8-19-15-18-7-10(6-16)14(17)21-15/h2-5,7,20H,8H2,1H3,(H3,17,18,19,21). The monoisotopic (exact) mass is 294 g/mol. The zero-order valence-corrected chi connectivity index (χ0v) is 11.9. The van der Waals surface area contributed by atoms with Gasteiger partial charge in [-0.1, -0.05) is 0 Å². The van der Waals surface area contributed by atoms with E-state index in [0.29, 0.717) is 12.5 Å². The Morgan fingerprint density at radius 3 is 3.00 bits per heavy atom. The predicted octanol–water partition coefficient (Wildman–Crippen LogP) is 2.03. The molecule has 0 saturated heterocycles. The zero-order valence-electron chi connectivity index (χ0n) is 11.9. The number of aromatic nitrogens is 3. The lowest BCUT2D eigenvalue weighted by Crippen LogP contribution is -2.06. The highest BCUT2D eigenvalue weighted by Gasteiger charge is 2.05. The van der Waals surface area contributed by atoms with Gasteiger partial charge < -0.3 is 20.8 Å². The number of nitrogens with two attached hydrogens (primary N) is 1. The predicted molar refractivity (Wildman–Crippen MR) is 83.3 cm³/mol. The van der Waals surface area contributed by atoms with Gasteiger partial charge in [0.1, 0.15) is 23.2 Å². The van der Waals surface area contributed by atoms with E-state index in [1.807, 2.05) is 30.3 Å². The van der Waals surface area contributed by atoms with E-state index in [2.05, 4.69) is 20.3 Å². The molecule has 22 heavy (non-hydrogen) atoms. The maximum atomic E-state index is 8.79. The third-order valence-corrected chi connectivity index (χ3v) is 3.26. The molecule has 3 aromatic rings. The summed E-state index contributed by atoms with van der Waals surface area (Å²) in [7, 11) is 1.64. The van der Waals surface area contributed by atoms with Crippen LogP contribution in [0, 0.1) is 11.3 Å². The molecule has 2 aromatic heterocycles. The number of methoxy groups -OCH3 is 1. The molecule has 0 amide bonds. The van der Waals surface area contributed by atoms with Crippen molar-refractivity contribution >= 4 is 22.7 Å². The molecule has 0 atom stereocenters. The molecule has 2 heterocycles. The summed E-state index contributed by atoms with van der Waals surface area (Å²) < 4.78 is 5.21. The number of nitriles is 1. The number of hydrogen-bond donors (Lipinski definition) is 3. The molecule has 0 bridgehead atoms. The van der Waals surface area contributed by atoms with Crippen LogP contribution in [0.25, 0.3) is 10.9 Å². The van der Waals surface area contributed by atoms with Crippen LogP contribution in [0.2, 0.25) is 0 Å². The molecule has 0 aliphatic rings. The Balaban J connectivity index is 1.76. The normalized spacial score (nSPS) is 10.4. The lowest BCUT2D eigenvalue weighted by atomic mass is 10.2. The average molecular weight is 294 g/mol. The fourth-order valence-electron chi connectivity index (χ4n) is 2.13. The first kappa shape index (κ1) is 13.7. The van der Waals surface area contributed by atoms with Crippen molar-refractivity contribution in [3.8, 4) is 11.8 Å². The van der Waals surface area contributed by atoms with E-state index >= 15 is 0 Å². The van der Waals surface area contributed by atoms with Gasteiger partial charge in [0, 0.05) is 16.6 Å². The van der Waals surface area contributed by atoms with Gasteiger partial charge in [-0.2, -0.15) is 10.2 Å². The lowest BCUT2D eigenvalue weighted by Gasteiger charge is -2.04. The van der Waals surface area contributed by atoms with Crippen LogP contribution >= 0.6 is 0 Å². The molecule has 0 unspecified atom stereocenters. The number of aromatic amines is 1. The van der Waals surface area contributed by atoms with Crippen LogP contribution in [-0.2, 0) is 6.54 Å². The number of benzene rings is 1. The summed E-state index contributed by atoms with van der Waals surface area (Å²) >= 11 is 0. The van der Waals surface area contributed by atoms with Gasteiger partial charge in [-0.3, -0.25) is 0 Å². The minimum absolute atomic E-state index is 0.168. The minimum atomic E-state index is 0.168. The van der Waals surface area contributed by atoms with Crippen LogP contribution in [0.4, 0.5) is 11.8 Å². The van der Waals surface area contributed by atoms with Crippen molar-refractivity contribution in [2.75, 3.05) is 18.2 Å². The summed E-state index contributed by atoms with van der Waals surface area (Å²) in [5.41, 5.74) is 7.93. The molecule has 0 spiro atoms. The number of ether oxygens (including phenoxy) is 1. The molecule has 0 saturated carbocycles. The molecule has 0 aliphatic carbocycles. The van der Waals surface area contributed by atoms with Crippen molar-refractivity contribution in [1.82, 2.24) is 15.0 Å². The van der Waals surface area contributed by atoms with Crippen molar-refractivity contribution in [3.63, 3.8) is 0 Å². The van der Waals surface area contributed by atoms with Crippen LogP contribution < -0.4 is 15.8 Å².